The van der Waals surface area contributed by atoms with Gasteiger partial charge in [-0.05, 0) is 50.8 Å². The normalized spacial score (nSPS) is 12.2. The fourth-order valence-corrected chi connectivity index (χ4v) is 2.74. The lowest BCUT2D eigenvalue weighted by molar-refractivity contribution is 0.573. The molecule has 0 heterocycles. The Morgan fingerprint density at radius 1 is 1.13 bits per heavy atom. The SMILES string of the molecule is CCCCc1ccc(NC/C=C/CCNS(=O)(=O)C(C)C)cc1. The largest absolute Gasteiger partial charge is 0.382 e. The second-order valence-electron chi connectivity index (χ2n) is 5.93. The minimum atomic E-state index is -3.14. The van der Waals surface area contributed by atoms with Crippen LogP contribution < -0.4 is 10.0 Å². The maximum absolute atomic E-state index is 11.5. The summed E-state index contributed by atoms with van der Waals surface area (Å²) in [6.45, 7) is 6.75. The zero-order valence-electron chi connectivity index (χ0n) is 14.5. The minimum Gasteiger partial charge on any atom is -0.382 e. The van der Waals surface area contributed by atoms with E-state index in [2.05, 4.69) is 41.2 Å². The Balaban J connectivity index is 2.21. The monoisotopic (exact) mass is 338 g/mol. The molecule has 1 aromatic carbocycles. The molecule has 0 saturated heterocycles. The molecule has 1 rings (SSSR count). The second kappa shape index (κ2) is 10.4. The summed E-state index contributed by atoms with van der Waals surface area (Å²) in [5.41, 5.74) is 2.49. The van der Waals surface area contributed by atoms with Gasteiger partial charge in [-0.15, -0.1) is 0 Å². The summed E-state index contributed by atoms with van der Waals surface area (Å²) in [6, 6.07) is 8.55. The number of unbranched alkanes of at least 4 members (excludes halogenated alkanes) is 1. The molecular formula is C18H30N2O2S. The first-order chi connectivity index (χ1) is 11.0. The van der Waals surface area contributed by atoms with E-state index in [0.717, 1.165) is 18.7 Å². The van der Waals surface area contributed by atoms with Gasteiger partial charge in [0.1, 0.15) is 0 Å². The molecule has 0 atom stereocenters. The van der Waals surface area contributed by atoms with E-state index in [4.69, 9.17) is 0 Å². The van der Waals surface area contributed by atoms with Gasteiger partial charge in [0.2, 0.25) is 10.0 Å². The highest BCUT2D eigenvalue weighted by Gasteiger charge is 2.13. The molecule has 0 aliphatic carbocycles. The lowest BCUT2D eigenvalue weighted by atomic mass is 10.1. The highest BCUT2D eigenvalue weighted by molar-refractivity contribution is 7.90. The van der Waals surface area contributed by atoms with Crippen molar-refractivity contribution in [2.24, 2.45) is 0 Å². The second-order valence-corrected chi connectivity index (χ2v) is 8.25. The number of anilines is 1. The molecule has 0 aliphatic rings. The van der Waals surface area contributed by atoms with Gasteiger partial charge in [-0.1, -0.05) is 37.6 Å². The Bertz CT molecular complexity index is 563. The molecule has 0 radical (unpaired) electrons. The molecule has 130 valence electrons. The van der Waals surface area contributed by atoms with Crippen LogP contribution in [0.2, 0.25) is 0 Å². The van der Waals surface area contributed by atoms with Crippen LogP contribution >= 0.6 is 0 Å². The number of hydrogen-bond donors (Lipinski definition) is 2. The van der Waals surface area contributed by atoms with Crippen LogP contribution in [0.5, 0.6) is 0 Å². The molecule has 0 bridgehead atoms. The minimum absolute atomic E-state index is 0.381. The number of benzene rings is 1. The smallest absolute Gasteiger partial charge is 0.213 e. The zero-order valence-corrected chi connectivity index (χ0v) is 15.3. The van der Waals surface area contributed by atoms with Crippen molar-refractivity contribution in [3.8, 4) is 0 Å². The molecule has 1 aromatic rings. The Hall–Kier alpha value is -1.33. The molecule has 5 heteroatoms. The van der Waals surface area contributed by atoms with Crippen LogP contribution in [-0.2, 0) is 16.4 Å². The fourth-order valence-electron chi connectivity index (χ4n) is 2.00. The molecule has 0 fully saturated rings. The van der Waals surface area contributed by atoms with Crippen molar-refractivity contribution in [2.75, 3.05) is 18.4 Å². The van der Waals surface area contributed by atoms with Crippen LogP contribution in [0.25, 0.3) is 0 Å². The van der Waals surface area contributed by atoms with E-state index in [-0.39, 0.29) is 5.25 Å². The van der Waals surface area contributed by atoms with Crippen molar-refractivity contribution in [2.45, 2.75) is 51.7 Å². The van der Waals surface area contributed by atoms with Gasteiger partial charge in [-0.2, -0.15) is 0 Å². The molecule has 0 spiro atoms. The van der Waals surface area contributed by atoms with Gasteiger partial charge >= 0.3 is 0 Å². The van der Waals surface area contributed by atoms with Gasteiger partial charge in [0.15, 0.2) is 0 Å². The molecule has 23 heavy (non-hydrogen) atoms. The third-order valence-electron chi connectivity index (χ3n) is 3.60. The summed E-state index contributed by atoms with van der Waals surface area (Å²) in [6.07, 6.45) is 8.31. The van der Waals surface area contributed by atoms with Crippen LogP contribution in [-0.4, -0.2) is 26.8 Å². The lowest BCUT2D eigenvalue weighted by Gasteiger charge is -2.08. The van der Waals surface area contributed by atoms with Gasteiger partial charge in [0, 0.05) is 18.8 Å². The van der Waals surface area contributed by atoms with Crippen molar-refractivity contribution in [3.63, 3.8) is 0 Å². The van der Waals surface area contributed by atoms with E-state index in [1.807, 2.05) is 12.2 Å². The topological polar surface area (TPSA) is 58.2 Å². The maximum atomic E-state index is 11.5. The van der Waals surface area contributed by atoms with Gasteiger partial charge in [0.25, 0.3) is 0 Å². The lowest BCUT2D eigenvalue weighted by Crippen LogP contribution is -2.31. The van der Waals surface area contributed by atoms with Crippen molar-refractivity contribution in [3.05, 3.63) is 42.0 Å². The summed E-state index contributed by atoms with van der Waals surface area (Å²) in [7, 11) is -3.14. The van der Waals surface area contributed by atoms with Crippen molar-refractivity contribution < 1.29 is 8.42 Å². The van der Waals surface area contributed by atoms with E-state index in [9.17, 15) is 8.42 Å². The Morgan fingerprint density at radius 3 is 2.43 bits per heavy atom. The van der Waals surface area contributed by atoms with Crippen molar-refractivity contribution in [1.29, 1.82) is 0 Å². The first kappa shape index (κ1) is 19.7. The summed E-state index contributed by atoms with van der Waals surface area (Å²) in [4.78, 5) is 0. The third kappa shape index (κ3) is 8.18. The first-order valence-corrected chi connectivity index (χ1v) is 9.96. The molecule has 0 aliphatic heterocycles. The molecule has 0 amide bonds. The van der Waals surface area contributed by atoms with Crippen molar-refractivity contribution in [1.82, 2.24) is 4.72 Å². The average molecular weight is 339 g/mol. The zero-order chi connectivity index (χ0) is 17.1. The third-order valence-corrected chi connectivity index (χ3v) is 5.45. The van der Waals surface area contributed by atoms with E-state index < -0.39 is 10.0 Å². The first-order valence-electron chi connectivity index (χ1n) is 8.42. The van der Waals surface area contributed by atoms with Crippen molar-refractivity contribution >= 4 is 15.7 Å². The van der Waals surface area contributed by atoms with E-state index in [1.165, 1.54) is 18.4 Å². The van der Waals surface area contributed by atoms with Crippen LogP contribution in [0.15, 0.2) is 36.4 Å². The molecule has 0 aromatic heterocycles. The highest BCUT2D eigenvalue weighted by Crippen LogP contribution is 2.11. The van der Waals surface area contributed by atoms with Gasteiger partial charge < -0.3 is 5.32 Å². The summed E-state index contributed by atoms with van der Waals surface area (Å²) in [5, 5.41) is 2.95. The molecule has 0 unspecified atom stereocenters. The Morgan fingerprint density at radius 2 is 1.83 bits per heavy atom. The number of hydrogen-bond acceptors (Lipinski definition) is 3. The van der Waals surface area contributed by atoms with Crippen LogP contribution in [0.1, 0.15) is 45.6 Å². The van der Waals surface area contributed by atoms with Gasteiger partial charge in [-0.3, -0.25) is 0 Å². The van der Waals surface area contributed by atoms with Crippen LogP contribution in [0.3, 0.4) is 0 Å². The van der Waals surface area contributed by atoms with Crippen LogP contribution in [0.4, 0.5) is 5.69 Å². The highest BCUT2D eigenvalue weighted by atomic mass is 32.2. The molecule has 4 nitrogen and oxygen atoms in total. The van der Waals surface area contributed by atoms with E-state index in [0.29, 0.717) is 13.0 Å². The summed E-state index contributed by atoms with van der Waals surface area (Å²) >= 11 is 0. The maximum Gasteiger partial charge on any atom is 0.213 e. The van der Waals surface area contributed by atoms with Gasteiger partial charge in [0.05, 0.1) is 5.25 Å². The average Bonchev–Trinajstić information content (AvgIpc) is 2.53. The molecule has 2 N–H and O–H groups in total. The summed E-state index contributed by atoms with van der Waals surface area (Å²) < 4.78 is 25.7. The van der Waals surface area contributed by atoms with Gasteiger partial charge in [-0.25, -0.2) is 13.1 Å². The molecular weight excluding hydrogens is 308 g/mol. The number of sulfonamides is 1. The van der Waals surface area contributed by atoms with Crippen LogP contribution in [0, 0.1) is 0 Å². The summed E-state index contributed by atoms with van der Waals surface area (Å²) in [5.74, 6) is 0. The predicted octanol–water partition coefficient (Wildman–Crippen LogP) is 3.72. The molecule has 0 saturated carbocycles. The Kier molecular flexibility index (Phi) is 8.95. The standard InChI is InChI=1S/C18H30N2O2S/c1-4-5-9-17-10-12-18(13-11-17)19-14-7-6-8-15-20-23(21,22)16(2)3/h6-7,10-13,16,19-20H,4-5,8-9,14-15H2,1-3H3/b7-6+. The number of nitrogens with one attached hydrogen (secondary N) is 2. The van der Waals surface area contributed by atoms with E-state index in [1.54, 1.807) is 13.8 Å². The predicted molar refractivity (Wildman–Crippen MR) is 99.4 cm³/mol. The quantitative estimate of drug-likeness (QED) is 0.477. The fraction of sp³-hybridized carbons (Fsp3) is 0.556. The number of rotatable bonds is 11. The Labute approximate surface area is 141 Å². The number of aryl methyl sites for hydroxylation is 1. The van der Waals surface area contributed by atoms with E-state index >= 15 is 0 Å².